The highest BCUT2D eigenvalue weighted by Gasteiger charge is 2.44. The molecule has 0 aliphatic heterocycles. The van der Waals surface area contributed by atoms with E-state index < -0.39 is 0 Å². The second-order valence-electron chi connectivity index (χ2n) is 4.02. The average molecular weight is 207 g/mol. The molecule has 2 heteroatoms. The molecule has 1 aromatic rings. The van der Waals surface area contributed by atoms with Crippen LogP contribution in [0.5, 0.6) is 0 Å². The minimum Gasteiger partial charge on any atom is -0.330 e. The largest absolute Gasteiger partial charge is 0.330 e. The van der Waals surface area contributed by atoms with E-state index in [2.05, 4.69) is 30.5 Å². The van der Waals surface area contributed by atoms with Gasteiger partial charge in [0.25, 0.3) is 0 Å². The highest BCUT2D eigenvalue weighted by molar-refractivity contribution is 7.98. The first-order valence-corrected chi connectivity index (χ1v) is 6.38. The van der Waals surface area contributed by atoms with Gasteiger partial charge >= 0.3 is 0 Å². The van der Waals surface area contributed by atoms with E-state index in [1.54, 1.807) is 0 Å². The van der Waals surface area contributed by atoms with Crippen molar-refractivity contribution in [2.75, 3.05) is 12.8 Å². The van der Waals surface area contributed by atoms with Crippen LogP contribution in [-0.4, -0.2) is 12.8 Å². The summed E-state index contributed by atoms with van der Waals surface area (Å²) in [6.45, 7) is 0.808. The first-order valence-electron chi connectivity index (χ1n) is 5.16. The van der Waals surface area contributed by atoms with Gasteiger partial charge in [-0.05, 0) is 49.1 Å². The van der Waals surface area contributed by atoms with Crippen LogP contribution in [0.1, 0.15) is 24.8 Å². The summed E-state index contributed by atoms with van der Waals surface area (Å²) in [5.74, 6) is 0. The SMILES string of the molecule is CSc1ccccc1C1(CCN)CC1. The van der Waals surface area contributed by atoms with Gasteiger partial charge in [-0.15, -0.1) is 11.8 Å². The zero-order valence-electron chi connectivity index (χ0n) is 8.62. The Balaban J connectivity index is 2.31. The zero-order valence-corrected chi connectivity index (χ0v) is 9.44. The summed E-state index contributed by atoms with van der Waals surface area (Å²) < 4.78 is 0. The molecule has 1 aliphatic rings. The van der Waals surface area contributed by atoms with Crippen LogP contribution in [0.3, 0.4) is 0 Å². The molecule has 0 radical (unpaired) electrons. The lowest BCUT2D eigenvalue weighted by Crippen LogP contribution is -2.14. The lowest BCUT2D eigenvalue weighted by Gasteiger charge is -2.17. The number of hydrogen-bond donors (Lipinski definition) is 1. The van der Waals surface area contributed by atoms with E-state index in [1.165, 1.54) is 23.3 Å². The molecule has 0 saturated heterocycles. The molecule has 2 N–H and O–H groups in total. The topological polar surface area (TPSA) is 26.0 Å². The molecule has 0 atom stereocenters. The van der Waals surface area contributed by atoms with Gasteiger partial charge in [-0.2, -0.15) is 0 Å². The summed E-state index contributed by atoms with van der Waals surface area (Å²) >= 11 is 1.85. The number of hydrogen-bond acceptors (Lipinski definition) is 2. The maximum Gasteiger partial charge on any atom is 0.0107 e. The van der Waals surface area contributed by atoms with Crippen molar-refractivity contribution in [2.24, 2.45) is 5.73 Å². The molecule has 1 saturated carbocycles. The van der Waals surface area contributed by atoms with Crippen LogP contribution in [0.2, 0.25) is 0 Å². The predicted molar refractivity (Wildman–Crippen MR) is 62.8 cm³/mol. The molecule has 0 amide bonds. The van der Waals surface area contributed by atoms with E-state index >= 15 is 0 Å². The molecule has 0 heterocycles. The second-order valence-corrected chi connectivity index (χ2v) is 4.87. The van der Waals surface area contributed by atoms with Crippen molar-refractivity contribution in [3.05, 3.63) is 29.8 Å². The van der Waals surface area contributed by atoms with Crippen LogP contribution in [0, 0.1) is 0 Å². The van der Waals surface area contributed by atoms with Crippen molar-refractivity contribution in [1.29, 1.82) is 0 Å². The van der Waals surface area contributed by atoms with Gasteiger partial charge in [0.1, 0.15) is 0 Å². The lowest BCUT2D eigenvalue weighted by molar-refractivity contribution is 0.618. The molecule has 0 aromatic heterocycles. The molecule has 1 fully saturated rings. The van der Waals surface area contributed by atoms with Crippen LogP contribution in [0.25, 0.3) is 0 Å². The van der Waals surface area contributed by atoms with Crippen LogP contribution >= 0.6 is 11.8 Å². The molecule has 0 bridgehead atoms. The average Bonchev–Trinajstić information content (AvgIpc) is 2.99. The van der Waals surface area contributed by atoms with Crippen LogP contribution in [0.4, 0.5) is 0 Å². The summed E-state index contributed by atoms with van der Waals surface area (Å²) in [5, 5.41) is 0. The smallest absolute Gasteiger partial charge is 0.0107 e. The van der Waals surface area contributed by atoms with Crippen molar-refractivity contribution < 1.29 is 0 Å². The molecule has 0 spiro atoms. The quantitative estimate of drug-likeness (QED) is 0.768. The number of benzene rings is 1. The predicted octanol–water partition coefficient (Wildman–Crippen LogP) is 2.79. The minimum atomic E-state index is 0.439. The summed E-state index contributed by atoms with van der Waals surface area (Å²) in [7, 11) is 0. The van der Waals surface area contributed by atoms with Gasteiger partial charge < -0.3 is 5.73 Å². The van der Waals surface area contributed by atoms with Crippen molar-refractivity contribution >= 4 is 11.8 Å². The third-order valence-corrected chi connectivity index (χ3v) is 3.95. The Labute approximate surface area is 90.1 Å². The molecule has 2 rings (SSSR count). The van der Waals surface area contributed by atoms with Crippen molar-refractivity contribution in [3.8, 4) is 0 Å². The van der Waals surface area contributed by atoms with E-state index in [1.807, 2.05) is 11.8 Å². The Morgan fingerprint density at radius 1 is 1.36 bits per heavy atom. The van der Waals surface area contributed by atoms with Gasteiger partial charge in [-0.1, -0.05) is 18.2 Å². The maximum absolute atomic E-state index is 5.68. The first kappa shape index (κ1) is 10.1. The molecule has 1 nitrogen and oxygen atoms in total. The Morgan fingerprint density at radius 3 is 2.64 bits per heavy atom. The highest BCUT2D eigenvalue weighted by Crippen LogP contribution is 2.52. The van der Waals surface area contributed by atoms with Gasteiger partial charge in [0.05, 0.1) is 0 Å². The zero-order chi connectivity index (χ0) is 10.0. The first-order chi connectivity index (χ1) is 6.82. The summed E-state index contributed by atoms with van der Waals surface area (Å²) in [6, 6.07) is 8.75. The number of thioether (sulfide) groups is 1. The van der Waals surface area contributed by atoms with Crippen molar-refractivity contribution in [1.82, 2.24) is 0 Å². The second kappa shape index (κ2) is 3.95. The Hall–Kier alpha value is -0.470. The molecule has 76 valence electrons. The van der Waals surface area contributed by atoms with E-state index in [0.717, 1.165) is 13.0 Å². The normalized spacial score (nSPS) is 18.1. The molecule has 1 aliphatic carbocycles. The molecule has 1 aromatic carbocycles. The summed E-state index contributed by atoms with van der Waals surface area (Å²) in [5.41, 5.74) is 7.64. The monoisotopic (exact) mass is 207 g/mol. The molecular formula is C12H17NS. The van der Waals surface area contributed by atoms with Gasteiger partial charge in [-0.25, -0.2) is 0 Å². The number of nitrogens with two attached hydrogens (primary N) is 1. The van der Waals surface area contributed by atoms with Crippen molar-refractivity contribution in [2.45, 2.75) is 29.6 Å². The Kier molecular flexibility index (Phi) is 2.84. The molecule has 14 heavy (non-hydrogen) atoms. The van der Waals surface area contributed by atoms with Gasteiger partial charge in [0.2, 0.25) is 0 Å². The van der Waals surface area contributed by atoms with Gasteiger partial charge in [0.15, 0.2) is 0 Å². The third kappa shape index (κ3) is 1.69. The fraction of sp³-hybridized carbons (Fsp3) is 0.500. The van der Waals surface area contributed by atoms with Crippen LogP contribution in [0.15, 0.2) is 29.2 Å². The Morgan fingerprint density at radius 2 is 2.07 bits per heavy atom. The van der Waals surface area contributed by atoms with Crippen LogP contribution < -0.4 is 5.73 Å². The van der Waals surface area contributed by atoms with Crippen LogP contribution in [-0.2, 0) is 5.41 Å². The maximum atomic E-state index is 5.68. The number of rotatable bonds is 4. The van der Waals surface area contributed by atoms with E-state index in [4.69, 9.17) is 5.73 Å². The Bertz CT molecular complexity index is 318. The molecular weight excluding hydrogens is 190 g/mol. The van der Waals surface area contributed by atoms with E-state index in [0.29, 0.717) is 5.41 Å². The highest BCUT2D eigenvalue weighted by atomic mass is 32.2. The fourth-order valence-corrected chi connectivity index (χ4v) is 2.88. The van der Waals surface area contributed by atoms with Crippen molar-refractivity contribution in [3.63, 3.8) is 0 Å². The lowest BCUT2D eigenvalue weighted by atomic mass is 9.92. The van der Waals surface area contributed by atoms with Gasteiger partial charge in [0, 0.05) is 4.90 Å². The minimum absolute atomic E-state index is 0.439. The molecule has 0 unspecified atom stereocenters. The van der Waals surface area contributed by atoms with E-state index in [-0.39, 0.29) is 0 Å². The third-order valence-electron chi connectivity index (χ3n) is 3.15. The van der Waals surface area contributed by atoms with Gasteiger partial charge in [-0.3, -0.25) is 0 Å². The standard InChI is InChI=1S/C12H17NS/c1-14-11-5-3-2-4-10(11)12(6-7-12)8-9-13/h2-5H,6-9,13H2,1H3. The summed E-state index contributed by atoms with van der Waals surface area (Å²) in [4.78, 5) is 1.43. The van der Waals surface area contributed by atoms with E-state index in [9.17, 15) is 0 Å². The fourth-order valence-electron chi connectivity index (χ4n) is 2.16. The summed E-state index contributed by atoms with van der Waals surface area (Å²) in [6.07, 6.45) is 5.94.